The lowest BCUT2D eigenvalue weighted by Crippen LogP contribution is -2.38. The van der Waals surface area contributed by atoms with Crippen LogP contribution in [0.5, 0.6) is 0 Å². The van der Waals surface area contributed by atoms with Gasteiger partial charge in [0.25, 0.3) is 5.91 Å². The molecule has 0 aliphatic carbocycles. The van der Waals surface area contributed by atoms with E-state index in [1.807, 2.05) is 43.3 Å². The van der Waals surface area contributed by atoms with Crippen LogP contribution in [-0.2, 0) is 11.3 Å². The van der Waals surface area contributed by atoms with Crippen molar-refractivity contribution in [2.24, 2.45) is 0 Å². The molecule has 1 aromatic carbocycles. The number of hydrogen-bond donors (Lipinski definition) is 2. The lowest BCUT2D eigenvalue weighted by molar-refractivity contribution is -0.122. The zero-order chi connectivity index (χ0) is 13.5. The number of carbonyl (C=O) groups excluding carboxylic acids is 1. The van der Waals surface area contributed by atoms with Crippen LogP contribution < -0.4 is 10.9 Å². The molecule has 0 atom stereocenters. The molecular formula is C13H15N5O. The van der Waals surface area contributed by atoms with Crippen molar-refractivity contribution >= 4 is 11.6 Å². The molecule has 2 N–H and O–H groups in total. The van der Waals surface area contributed by atoms with Gasteiger partial charge in [0, 0.05) is 0 Å². The fraction of sp³-hybridized carbons (Fsp3) is 0.154. The van der Waals surface area contributed by atoms with Gasteiger partial charge in [-0.1, -0.05) is 36.4 Å². The Morgan fingerprint density at radius 3 is 2.74 bits per heavy atom. The average molecular weight is 257 g/mol. The van der Waals surface area contributed by atoms with Crippen molar-refractivity contribution in [3.63, 3.8) is 0 Å². The molecule has 1 heterocycles. The quantitative estimate of drug-likeness (QED) is 0.783. The van der Waals surface area contributed by atoms with Crippen molar-refractivity contribution in [2.75, 3.05) is 0 Å². The Bertz CT molecular complexity index is 548. The molecule has 0 bridgehead atoms. The van der Waals surface area contributed by atoms with Crippen LogP contribution in [0, 0.1) is 0 Å². The van der Waals surface area contributed by atoms with E-state index in [4.69, 9.17) is 0 Å². The van der Waals surface area contributed by atoms with E-state index < -0.39 is 0 Å². The second-order valence-electron chi connectivity index (χ2n) is 3.83. The summed E-state index contributed by atoms with van der Waals surface area (Å²) in [7, 11) is 0. The number of nitrogens with one attached hydrogen (secondary N) is 2. The number of hydrazine groups is 1. The predicted octanol–water partition coefficient (Wildman–Crippen LogP) is 0.960. The van der Waals surface area contributed by atoms with Crippen molar-refractivity contribution in [2.45, 2.75) is 13.5 Å². The minimum atomic E-state index is -0.194. The molecule has 2 rings (SSSR count). The molecule has 6 nitrogen and oxygen atoms in total. The van der Waals surface area contributed by atoms with E-state index >= 15 is 0 Å². The Kier molecular flexibility index (Phi) is 4.28. The van der Waals surface area contributed by atoms with E-state index in [1.165, 1.54) is 17.3 Å². The van der Waals surface area contributed by atoms with Crippen LogP contribution in [0.2, 0.25) is 0 Å². The molecule has 0 radical (unpaired) electrons. The number of allylic oxidation sites excluding steroid dienone is 1. The first-order chi connectivity index (χ1) is 9.29. The minimum absolute atomic E-state index is 0.124. The summed E-state index contributed by atoms with van der Waals surface area (Å²) >= 11 is 0. The Balaban J connectivity index is 1.89. The minimum Gasteiger partial charge on any atom is -0.298 e. The first-order valence-corrected chi connectivity index (χ1v) is 5.88. The summed E-state index contributed by atoms with van der Waals surface area (Å²) < 4.78 is 1.45. The Labute approximate surface area is 111 Å². The molecule has 0 spiro atoms. The SMILES string of the molecule is C/C=C(\NNC(=O)Cn1cncn1)c1ccccc1. The van der Waals surface area contributed by atoms with Crippen LogP contribution in [0.15, 0.2) is 49.1 Å². The van der Waals surface area contributed by atoms with Crippen LogP contribution >= 0.6 is 0 Å². The molecule has 6 heteroatoms. The highest BCUT2D eigenvalue weighted by Gasteiger charge is 2.04. The largest absolute Gasteiger partial charge is 0.298 e. The Morgan fingerprint density at radius 2 is 2.11 bits per heavy atom. The van der Waals surface area contributed by atoms with Crippen LogP contribution in [0.1, 0.15) is 12.5 Å². The Morgan fingerprint density at radius 1 is 1.32 bits per heavy atom. The molecular weight excluding hydrogens is 242 g/mol. The van der Waals surface area contributed by atoms with Crippen molar-refractivity contribution in [1.82, 2.24) is 25.6 Å². The third-order valence-corrected chi connectivity index (χ3v) is 2.48. The van der Waals surface area contributed by atoms with Gasteiger partial charge in [-0.05, 0) is 12.5 Å². The molecule has 0 unspecified atom stereocenters. The van der Waals surface area contributed by atoms with Crippen LogP contribution in [0.25, 0.3) is 5.70 Å². The van der Waals surface area contributed by atoms with Gasteiger partial charge in [0.2, 0.25) is 0 Å². The fourth-order valence-electron chi connectivity index (χ4n) is 1.57. The van der Waals surface area contributed by atoms with E-state index in [9.17, 15) is 4.79 Å². The molecule has 19 heavy (non-hydrogen) atoms. The van der Waals surface area contributed by atoms with Crippen LogP contribution in [-0.4, -0.2) is 20.7 Å². The molecule has 0 saturated heterocycles. The van der Waals surface area contributed by atoms with Gasteiger partial charge >= 0.3 is 0 Å². The van der Waals surface area contributed by atoms with Gasteiger partial charge in [-0.2, -0.15) is 5.10 Å². The molecule has 0 aliphatic rings. The van der Waals surface area contributed by atoms with E-state index in [0.717, 1.165) is 11.3 Å². The highest BCUT2D eigenvalue weighted by molar-refractivity contribution is 5.77. The van der Waals surface area contributed by atoms with Gasteiger partial charge < -0.3 is 0 Å². The van der Waals surface area contributed by atoms with Crippen LogP contribution in [0.3, 0.4) is 0 Å². The lowest BCUT2D eigenvalue weighted by Gasteiger charge is -2.12. The van der Waals surface area contributed by atoms with E-state index in [-0.39, 0.29) is 12.5 Å². The van der Waals surface area contributed by atoms with Crippen molar-refractivity contribution in [1.29, 1.82) is 0 Å². The number of aromatic nitrogens is 3. The van der Waals surface area contributed by atoms with Gasteiger partial charge in [-0.15, -0.1) is 0 Å². The van der Waals surface area contributed by atoms with Gasteiger partial charge in [0.05, 0.1) is 5.70 Å². The first kappa shape index (κ1) is 12.8. The maximum atomic E-state index is 11.7. The molecule has 1 aromatic heterocycles. The van der Waals surface area contributed by atoms with E-state index in [0.29, 0.717) is 0 Å². The number of carbonyl (C=O) groups is 1. The molecule has 2 aromatic rings. The number of rotatable bonds is 5. The number of nitrogens with zero attached hydrogens (tertiary/aromatic N) is 3. The van der Waals surface area contributed by atoms with Gasteiger partial charge in [-0.25, -0.2) is 9.67 Å². The molecule has 1 amide bonds. The number of benzene rings is 1. The summed E-state index contributed by atoms with van der Waals surface area (Å²) in [6.07, 6.45) is 4.78. The predicted molar refractivity (Wildman–Crippen MR) is 71.4 cm³/mol. The summed E-state index contributed by atoms with van der Waals surface area (Å²) in [5, 5.41) is 3.86. The molecule has 0 aliphatic heterocycles. The smallest absolute Gasteiger partial charge is 0.260 e. The summed E-state index contributed by atoms with van der Waals surface area (Å²) in [5.74, 6) is -0.194. The second-order valence-corrected chi connectivity index (χ2v) is 3.83. The standard InChI is InChI=1S/C13H15N5O/c1-2-12(11-6-4-3-5-7-11)16-17-13(19)8-18-10-14-9-15-18/h2-7,9-10,16H,8H2,1H3,(H,17,19)/b12-2-. The number of amides is 1. The fourth-order valence-corrected chi connectivity index (χ4v) is 1.57. The maximum absolute atomic E-state index is 11.7. The molecule has 0 saturated carbocycles. The third-order valence-electron chi connectivity index (χ3n) is 2.48. The van der Waals surface area contributed by atoms with Crippen molar-refractivity contribution < 1.29 is 4.79 Å². The summed E-state index contributed by atoms with van der Waals surface area (Å²) in [6.45, 7) is 2.03. The van der Waals surface area contributed by atoms with Gasteiger partial charge in [-0.3, -0.25) is 15.6 Å². The highest BCUT2D eigenvalue weighted by atomic mass is 16.2. The van der Waals surface area contributed by atoms with Crippen LogP contribution in [0.4, 0.5) is 0 Å². The summed E-state index contributed by atoms with van der Waals surface area (Å²) in [6, 6.07) is 9.76. The average Bonchev–Trinajstić information content (AvgIpc) is 2.93. The Hall–Kier alpha value is -2.63. The number of hydrogen-bond acceptors (Lipinski definition) is 4. The first-order valence-electron chi connectivity index (χ1n) is 5.88. The van der Waals surface area contributed by atoms with Gasteiger partial charge in [0.1, 0.15) is 19.2 Å². The van der Waals surface area contributed by atoms with Crippen molar-refractivity contribution in [3.8, 4) is 0 Å². The monoisotopic (exact) mass is 257 g/mol. The maximum Gasteiger partial charge on any atom is 0.260 e. The summed E-state index contributed by atoms with van der Waals surface area (Å²) in [5.41, 5.74) is 7.37. The van der Waals surface area contributed by atoms with E-state index in [1.54, 1.807) is 0 Å². The lowest BCUT2D eigenvalue weighted by atomic mass is 10.1. The van der Waals surface area contributed by atoms with Gasteiger partial charge in [0.15, 0.2) is 0 Å². The molecule has 0 fully saturated rings. The van der Waals surface area contributed by atoms with E-state index in [2.05, 4.69) is 20.9 Å². The zero-order valence-corrected chi connectivity index (χ0v) is 10.6. The summed E-state index contributed by atoms with van der Waals surface area (Å²) in [4.78, 5) is 15.4. The zero-order valence-electron chi connectivity index (χ0n) is 10.6. The van der Waals surface area contributed by atoms with Crippen molar-refractivity contribution in [3.05, 3.63) is 54.6 Å². The second kappa shape index (κ2) is 6.34. The highest BCUT2D eigenvalue weighted by Crippen LogP contribution is 2.09. The topological polar surface area (TPSA) is 71.8 Å². The normalized spacial score (nSPS) is 11.1. The third kappa shape index (κ3) is 3.67. The molecule has 98 valence electrons.